The Morgan fingerprint density at radius 2 is 1.76 bits per heavy atom. The number of carboxylic acid groups (broad SMARTS) is 1. The molecular weight excluding hydrogens is 344 g/mol. The highest BCUT2D eigenvalue weighted by Crippen LogP contribution is 2.39. The van der Waals surface area contributed by atoms with Crippen LogP contribution >= 0.6 is 11.6 Å². The summed E-state index contributed by atoms with van der Waals surface area (Å²) in [6.45, 7) is 6.21. The molecule has 1 aromatic rings. The van der Waals surface area contributed by atoms with E-state index in [1.54, 1.807) is 17.0 Å². The molecule has 0 spiro atoms. The second kappa shape index (κ2) is 7.22. The molecule has 1 aromatic carbocycles. The van der Waals surface area contributed by atoms with E-state index in [1.165, 1.54) is 0 Å². The van der Waals surface area contributed by atoms with Gasteiger partial charge < -0.3 is 20.5 Å². The Hall–Kier alpha value is -1.79. The maximum absolute atomic E-state index is 12.2. The zero-order valence-corrected chi connectivity index (χ0v) is 15.5. The van der Waals surface area contributed by atoms with Crippen molar-refractivity contribution in [2.45, 2.75) is 50.7 Å². The Balaban J connectivity index is 2.22. The molecule has 1 amide bonds. The molecule has 1 fully saturated rings. The summed E-state index contributed by atoms with van der Waals surface area (Å²) < 4.78 is 5.40. The van der Waals surface area contributed by atoms with Gasteiger partial charge in [-0.25, -0.2) is 4.79 Å². The van der Waals surface area contributed by atoms with Gasteiger partial charge in [-0.15, -0.1) is 0 Å². The number of rotatable bonds is 3. The number of hydrogen-bond acceptors (Lipinski definition) is 4. The first kappa shape index (κ1) is 19.5. The third kappa shape index (κ3) is 4.44. The first-order valence-corrected chi connectivity index (χ1v) is 8.65. The van der Waals surface area contributed by atoms with E-state index in [0.29, 0.717) is 31.0 Å². The zero-order valence-electron chi connectivity index (χ0n) is 14.8. The van der Waals surface area contributed by atoms with Gasteiger partial charge in [-0.2, -0.15) is 0 Å². The molecule has 2 rings (SSSR count). The summed E-state index contributed by atoms with van der Waals surface area (Å²) in [7, 11) is 0. The van der Waals surface area contributed by atoms with Crippen molar-refractivity contribution in [1.29, 1.82) is 0 Å². The fourth-order valence-corrected chi connectivity index (χ4v) is 3.34. The number of likely N-dealkylation sites (tertiary alicyclic amines) is 1. The lowest BCUT2D eigenvalue weighted by molar-refractivity contribution is -0.141. The molecule has 1 aliphatic heterocycles. The van der Waals surface area contributed by atoms with Crippen LogP contribution in [0.25, 0.3) is 0 Å². The van der Waals surface area contributed by atoms with Crippen molar-refractivity contribution < 1.29 is 19.4 Å². The Bertz CT molecular complexity index is 631. The van der Waals surface area contributed by atoms with Crippen LogP contribution in [0.3, 0.4) is 0 Å². The van der Waals surface area contributed by atoms with Crippen LogP contribution in [0.15, 0.2) is 24.3 Å². The molecule has 1 aliphatic rings. The number of halogens is 1. The molecule has 1 saturated heterocycles. The molecule has 0 aromatic heterocycles. The van der Waals surface area contributed by atoms with Gasteiger partial charge in [0.1, 0.15) is 11.6 Å². The van der Waals surface area contributed by atoms with Gasteiger partial charge in [0.25, 0.3) is 0 Å². The predicted molar refractivity (Wildman–Crippen MR) is 95.8 cm³/mol. The number of carbonyl (C=O) groups is 2. The van der Waals surface area contributed by atoms with Gasteiger partial charge in [-0.05, 0) is 51.3 Å². The molecule has 1 heterocycles. The minimum absolute atomic E-state index is 0.387. The third-order valence-corrected chi connectivity index (χ3v) is 4.84. The first-order chi connectivity index (χ1) is 11.5. The molecule has 0 radical (unpaired) electrons. The molecule has 0 bridgehead atoms. The van der Waals surface area contributed by atoms with Crippen LogP contribution < -0.4 is 5.73 Å². The summed E-state index contributed by atoms with van der Waals surface area (Å²) in [4.78, 5) is 25.4. The molecule has 138 valence electrons. The summed E-state index contributed by atoms with van der Waals surface area (Å²) in [6.07, 6.45) is 0.504. The summed E-state index contributed by atoms with van der Waals surface area (Å²) >= 11 is 5.95. The minimum atomic E-state index is -1.06. The molecule has 25 heavy (non-hydrogen) atoms. The second-order valence-electron chi connectivity index (χ2n) is 7.45. The number of carbonyl (C=O) groups excluding carboxylic acids is 1. The van der Waals surface area contributed by atoms with E-state index in [0.717, 1.165) is 5.56 Å². The smallest absolute Gasteiger partial charge is 0.410 e. The number of nitrogens with zero attached hydrogens (tertiary/aromatic N) is 1. The number of nitrogens with two attached hydrogens (primary N) is 1. The van der Waals surface area contributed by atoms with Crippen LogP contribution in [0.2, 0.25) is 5.02 Å². The molecule has 3 N–H and O–H groups in total. The van der Waals surface area contributed by atoms with Crippen molar-refractivity contribution in [2.75, 3.05) is 13.1 Å². The number of benzene rings is 1. The van der Waals surface area contributed by atoms with Gasteiger partial charge >= 0.3 is 12.1 Å². The van der Waals surface area contributed by atoms with E-state index in [1.807, 2.05) is 32.9 Å². The van der Waals surface area contributed by atoms with Crippen molar-refractivity contribution in [3.8, 4) is 0 Å². The zero-order chi connectivity index (χ0) is 18.8. The summed E-state index contributed by atoms with van der Waals surface area (Å²) in [5, 5.41) is 10.1. The quantitative estimate of drug-likeness (QED) is 0.855. The van der Waals surface area contributed by atoms with Crippen LogP contribution in [0.1, 0.15) is 39.2 Å². The van der Waals surface area contributed by atoms with E-state index in [4.69, 9.17) is 22.1 Å². The van der Waals surface area contributed by atoms with Gasteiger partial charge in [0.2, 0.25) is 0 Å². The number of amides is 1. The first-order valence-electron chi connectivity index (χ1n) is 8.27. The normalized spacial score (nSPS) is 18.5. The highest BCUT2D eigenvalue weighted by atomic mass is 35.5. The van der Waals surface area contributed by atoms with Crippen molar-refractivity contribution in [3.05, 3.63) is 34.9 Å². The summed E-state index contributed by atoms with van der Waals surface area (Å²) in [5.74, 6) is -1.05. The molecule has 0 unspecified atom stereocenters. The maximum Gasteiger partial charge on any atom is 0.410 e. The number of aliphatic carboxylic acids is 1. The van der Waals surface area contributed by atoms with Crippen LogP contribution in [-0.4, -0.2) is 46.8 Å². The highest BCUT2D eigenvalue weighted by molar-refractivity contribution is 6.30. The monoisotopic (exact) mass is 368 g/mol. The van der Waals surface area contributed by atoms with Crippen molar-refractivity contribution in [1.82, 2.24) is 4.90 Å². The summed E-state index contributed by atoms with van der Waals surface area (Å²) in [6, 6.07) is 6.03. The van der Waals surface area contributed by atoms with Gasteiger partial charge in [0.15, 0.2) is 0 Å². The van der Waals surface area contributed by atoms with E-state index < -0.39 is 23.0 Å². The molecule has 6 nitrogen and oxygen atoms in total. The molecule has 0 aliphatic carbocycles. The largest absolute Gasteiger partial charge is 0.480 e. The average Bonchev–Trinajstić information content (AvgIpc) is 2.53. The lowest BCUT2D eigenvalue weighted by atomic mass is 9.68. The Labute approximate surface area is 152 Å². The standard InChI is InChI=1S/C18H25ClN2O4/c1-17(2,3)25-16(24)21-10-8-18(9-11-21,14(20)15(22)23)12-4-6-13(19)7-5-12/h4-7,14H,8-11,20H2,1-3H3,(H,22,23)/t14-/m1/s1. The topological polar surface area (TPSA) is 92.9 Å². The Kier molecular flexibility index (Phi) is 5.64. The van der Waals surface area contributed by atoms with Crippen LogP contribution in [-0.2, 0) is 14.9 Å². The van der Waals surface area contributed by atoms with E-state index in [-0.39, 0.29) is 6.09 Å². The maximum atomic E-state index is 12.2. The number of carboxylic acids is 1. The van der Waals surface area contributed by atoms with E-state index >= 15 is 0 Å². The van der Waals surface area contributed by atoms with Crippen molar-refractivity contribution >= 4 is 23.7 Å². The molecule has 1 atom stereocenters. The van der Waals surface area contributed by atoms with Crippen LogP contribution in [0.5, 0.6) is 0 Å². The van der Waals surface area contributed by atoms with Gasteiger partial charge in [-0.3, -0.25) is 4.79 Å². The van der Waals surface area contributed by atoms with Crippen molar-refractivity contribution in [3.63, 3.8) is 0 Å². The van der Waals surface area contributed by atoms with E-state index in [2.05, 4.69) is 0 Å². The molecule has 7 heteroatoms. The Morgan fingerprint density at radius 3 is 2.20 bits per heavy atom. The number of hydrogen-bond donors (Lipinski definition) is 2. The number of piperidine rings is 1. The lowest BCUT2D eigenvalue weighted by Gasteiger charge is -2.44. The average molecular weight is 369 g/mol. The van der Waals surface area contributed by atoms with Gasteiger partial charge in [-0.1, -0.05) is 23.7 Å². The third-order valence-electron chi connectivity index (χ3n) is 4.59. The Morgan fingerprint density at radius 1 is 1.24 bits per heavy atom. The highest BCUT2D eigenvalue weighted by Gasteiger charge is 2.45. The minimum Gasteiger partial charge on any atom is -0.480 e. The fourth-order valence-electron chi connectivity index (χ4n) is 3.21. The fraction of sp³-hybridized carbons (Fsp3) is 0.556. The molecule has 0 saturated carbocycles. The van der Waals surface area contributed by atoms with Crippen molar-refractivity contribution in [2.24, 2.45) is 5.73 Å². The SMILES string of the molecule is CC(C)(C)OC(=O)N1CCC(c2ccc(Cl)cc2)([C@H](N)C(=O)O)CC1. The number of ether oxygens (including phenoxy) is 1. The van der Waals surface area contributed by atoms with Gasteiger partial charge in [0.05, 0.1) is 0 Å². The van der Waals surface area contributed by atoms with Crippen LogP contribution in [0, 0.1) is 0 Å². The second-order valence-corrected chi connectivity index (χ2v) is 7.88. The molecular formula is C18H25ClN2O4. The van der Waals surface area contributed by atoms with Crippen LogP contribution in [0.4, 0.5) is 4.79 Å². The van der Waals surface area contributed by atoms with Gasteiger partial charge in [0, 0.05) is 23.5 Å². The lowest BCUT2D eigenvalue weighted by Crippen LogP contribution is -2.57. The van der Waals surface area contributed by atoms with E-state index in [9.17, 15) is 14.7 Å². The predicted octanol–water partition coefficient (Wildman–Crippen LogP) is 3.02. The summed E-state index contributed by atoms with van der Waals surface area (Å²) in [5.41, 5.74) is 5.57.